The molecule has 0 aromatic carbocycles. The largest absolute Gasteiger partial charge is 0.480 e. The molecular formula is C25H59N11O9. The van der Waals surface area contributed by atoms with E-state index in [-0.39, 0.29) is 37.0 Å². The lowest BCUT2D eigenvalue weighted by atomic mass is 10.0. The molecule has 0 bridgehead atoms. The summed E-state index contributed by atoms with van der Waals surface area (Å²) in [6, 6.07) is -2.94. The first kappa shape index (κ1) is 50.8. The highest BCUT2D eigenvalue weighted by atomic mass is 16.4. The van der Waals surface area contributed by atoms with Gasteiger partial charge in [-0.05, 0) is 51.0 Å². The molecule has 0 radical (unpaired) electrons. The molecule has 20 nitrogen and oxygen atoms in total. The second-order valence-electron chi connectivity index (χ2n) is 9.46. The molecule has 0 aromatic rings. The van der Waals surface area contributed by atoms with Crippen molar-refractivity contribution in [3.8, 4) is 0 Å². The number of aliphatic hydroxyl groups is 1. The summed E-state index contributed by atoms with van der Waals surface area (Å²) in [5, 5.41) is 63.6. The van der Waals surface area contributed by atoms with Crippen LogP contribution in [-0.4, -0.2) is 112 Å². The Hall–Kier alpha value is -3.82. The monoisotopic (exact) mass is 657 g/mol. The van der Waals surface area contributed by atoms with E-state index in [2.05, 4.69) is 16.0 Å². The van der Waals surface area contributed by atoms with E-state index in [0.717, 1.165) is 12.8 Å². The average molecular weight is 658 g/mol. The molecule has 0 spiro atoms. The Morgan fingerprint density at radius 2 is 1.11 bits per heavy atom. The van der Waals surface area contributed by atoms with Crippen molar-refractivity contribution in [2.24, 2.45) is 34.6 Å². The number of carbonyl (C=O) groups is 4. The van der Waals surface area contributed by atoms with Gasteiger partial charge in [0.25, 0.3) is 0 Å². The predicted octanol–water partition coefficient (Wildman–Crippen LogP) is -2.25. The van der Waals surface area contributed by atoms with Crippen molar-refractivity contribution in [2.75, 3.05) is 26.2 Å². The number of hydrogen-bond acceptors (Lipinski definition) is 12. The zero-order valence-corrected chi connectivity index (χ0v) is 26.6. The van der Waals surface area contributed by atoms with Crippen LogP contribution in [0.2, 0.25) is 0 Å². The molecule has 45 heavy (non-hydrogen) atoms. The summed E-state index contributed by atoms with van der Waals surface area (Å²) < 4.78 is 0. The van der Waals surface area contributed by atoms with Crippen molar-refractivity contribution in [1.82, 2.24) is 22.1 Å². The van der Waals surface area contributed by atoms with Gasteiger partial charge < -0.3 is 76.3 Å². The SMILES string of the molecule is CCC(C)C(N)C(=O)O.CCCNC(CCO)C(=O)O.N.N=C(N)NCCCC(N)C(=O)O.N=C(N)NCCCC(N)C(=O)O. The number of carboxylic acids is 4. The molecule has 268 valence electrons. The second-order valence-corrected chi connectivity index (χ2v) is 9.46. The summed E-state index contributed by atoms with van der Waals surface area (Å²) in [6.07, 6.45) is 3.93. The maximum atomic E-state index is 10.4. The summed E-state index contributed by atoms with van der Waals surface area (Å²) in [6.45, 7) is 7.27. The molecule has 23 N–H and O–H groups in total. The minimum Gasteiger partial charge on any atom is -0.480 e. The highest BCUT2D eigenvalue weighted by Crippen LogP contribution is 2.04. The van der Waals surface area contributed by atoms with Crippen LogP contribution in [0.25, 0.3) is 0 Å². The molecule has 0 aliphatic heterocycles. The first-order valence-electron chi connectivity index (χ1n) is 14.1. The van der Waals surface area contributed by atoms with Gasteiger partial charge in [0.15, 0.2) is 11.9 Å². The van der Waals surface area contributed by atoms with Gasteiger partial charge in [-0.25, -0.2) is 0 Å². The maximum absolute atomic E-state index is 10.4. The van der Waals surface area contributed by atoms with E-state index in [4.69, 9.17) is 65.0 Å². The van der Waals surface area contributed by atoms with Crippen molar-refractivity contribution in [1.29, 1.82) is 10.8 Å². The highest BCUT2D eigenvalue weighted by molar-refractivity contribution is 5.75. The van der Waals surface area contributed by atoms with E-state index in [1.165, 1.54) is 0 Å². The lowest BCUT2D eigenvalue weighted by Gasteiger charge is -2.11. The Bertz CT molecular complexity index is 785. The molecule has 0 saturated heterocycles. The quantitative estimate of drug-likeness (QED) is 0.0396. The summed E-state index contributed by atoms with van der Waals surface area (Å²) in [5.74, 6) is -3.97. The molecule has 0 aliphatic rings. The maximum Gasteiger partial charge on any atom is 0.320 e. The van der Waals surface area contributed by atoms with Crippen LogP contribution in [-0.2, 0) is 19.2 Å². The lowest BCUT2D eigenvalue weighted by Crippen LogP contribution is -2.37. The van der Waals surface area contributed by atoms with Crippen molar-refractivity contribution in [3.05, 3.63) is 0 Å². The zero-order valence-electron chi connectivity index (χ0n) is 26.6. The lowest BCUT2D eigenvalue weighted by molar-refractivity contribution is -0.140. The zero-order chi connectivity index (χ0) is 35.3. The predicted molar refractivity (Wildman–Crippen MR) is 171 cm³/mol. The fourth-order valence-electron chi connectivity index (χ4n) is 2.59. The number of nitrogens with two attached hydrogens (primary N) is 5. The van der Waals surface area contributed by atoms with E-state index in [0.29, 0.717) is 45.3 Å². The standard InChI is InChI=1S/C7H15NO3.2C6H14N4O2.C6H13NO2.H3N/c1-2-4-8-6(3-5-9)7(10)11;2*7-4(5(11)12)2-1-3-10-6(8)9;1-3-4(2)5(7)6(8)9;/h6,8-9H,2-5H2,1H3,(H,10,11);2*4H,1-3,7H2,(H,11,12)(H4,8,9,10);4-5H,3,7H2,1-2H3,(H,8,9);1H3. The second kappa shape index (κ2) is 33.1. The van der Waals surface area contributed by atoms with E-state index in [9.17, 15) is 19.2 Å². The molecule has 0 rings (SSSR count). The Morgan fingerprint density at radius 1 is 0.711 bits per heavy atom. The van der Waals surface area contributed by atoms with Gasteiger partial charge in [-0.15, -0.1) is 0 Å². The van der Waals surface area contributed by atoms with E-state index < -0.39 is 48.0 Å². The van der Waals surface area contributed by atoms with Gasteiger partial charge in [0.05, 0.1) is 0 Å². The summed E-state index contributed by atoms with van der Waals surface area (Å²) in [5.41, 5.74) is 25.7. The average Bonchev–Trinajstić information content (AvgIpc) is 2.94. The van der Waals surface area contributed by atoms with E-state index >= 15 is 0 Å². The van der Waals surface area contributed by atoms with Crippen LogP contribution in [0.15, 0.2) is 0 Å². The van der Waals surface area contributed by atoms with Gasteiger partial charge in [0, 0.05) is 19.7 Å². The Labute approximate surface area is 264 Å². The van der Waals surface area contributed by atoms with Crippen LogP contribution < -0.4 is 50.8 Å². The van der Waals surface area contributed by atoms with E-state index in [1.807, 2.05) is 20.8 Å². The third-order valence-electron chi connectivity index (χ3n) is 5.55. The van der Waals surface area contributed by atoms with Crippen LogP contribution in [0.3, 0.4) is 0 Å². The number of aliphatic hydroxyl groups excluding tert-OH is 1. The Balaban J connectivity index is -0.000000158. The Morgan fingerprint density at radius 3 is 1.33 bits per heavy atom. The van der Waals surface area contributed by atoms with Crippen LogP contribution in [0.4, 0.5) is 0 Å². The van der Waals surface area contributed by atoms with Gasteiger partial charge in [0.1, 0.15) is 24.2 Å². The van der Waals surface area contributed by atoms with Gasteiger partial charge in [-0.2, -0.15) is 0 Å². The van der Waals surface area contributed by atoms with Gasteiger partial charge in [-0.1, -0.05) is 27.2 Å². The van der Waals surface area contributed by atoms with Crippen molar-refractivity contribution < 1.29 is 44.7 Å². The molecule has 0 amide bonds. The highest BCUT2D eigenvalue weighted by Gasteiger charge is 2.17. The minimum atomic E-state index is -1.00. The van der Waals surface area contributed by atoms with E-state index in [1.54, 1.807) is 0 Å². The molecular weight excluding hydrogens is 598 g/mol. The molecule has 5 unspecified atom stereocenters. The fourth-order valence-corrected chi connectivity index (χ4v) is 2.59. The van der Waals surface area contributed by atoms with Crippen molar-refractivity contribution >= 4 is 35.8 Å². The number of guanidine groups is 2. The summed E-state index contributed by atoms with van der Waals surface area (Å²) in [7, 11) is 0. The smallest absolute Gasteiger partial charge is 0.320 e. The van der Waals surface area contributed by atoms with Crippen LogP contribution in [0.5, 0.6) is 0 Å². The Kier molecular flexibility index (Phi) is 37.3. The first-order chi connectivity index (χ1) is 20.4. The van der Waals surface area contributed by atoms with Crippen LogP contribution >= 0.6 is 0 Å². The number of rotatable bonds is 19. The molecule has 5 atom stereocenters. The number of aliphatic carboxylic acids is 4. The summed E-state index contributed by atoms with van der Waals surface area (Å²) >= 11 is 0. The molecule has 0 aliphatic carbocycles. The first-order valence-corrected chi connectivity index (χ1v) is 14.1. The van der Waals surface area contributed by atoms with Crippen molar-refractivity contribution in [3.63, 3.8) is 0 Å². The van der Waals surface area contributed by atoms with Crippen LogP contribution in [0.1, 0.15) is 65.7 Å². The molecule has 0 saturated carbocycles. The van der Waals surface area contributed by atoms with Gasteiger partial charge >= 0.3 is 23.9 Å². The van der Waals surface area contributed by atoms with Crippen molar-refractivity contribution in [2.45, 2.75) is 89.9 Å². The number of carboxylic acid groups (broad SMARTS) is 4. The molecule has 20 heteroatoms. The topological polar surface area (TPSA) is 418 Å². The fraction of sp³-hybridized carbons (Fsp3) is 0.760. The third-order valence-corrected chi connectivity index (χ3v) is 5.55. The number of nitrogens with one attached hydrogen (secondary N) is 5. The molecule has 0 heterocycles. The molecule has 0 fully saturated rings. The number of hydrogen-bond donors (Lipinski definition) is 16. The van der Waals surface area contributed by atoms with Gasteiger partial charge in [0.2, 0.25) is 0 Å². The summed E-state index contributed by atoms with van der Waals surface area (Å²) in [4.78, 5) is 41.0. The van der Waals surface area contributed by atoms with Gasteiger partial charge in [-0.3, -0.25) is 30.0 Å². The normalized spacial score (nSPS) is 13.0. The third kappa shape index (κ3) is 38.2. The molecule has 0 aromatic heterocycles. The van der Waals surface area contributed by atoms with Crippen LogP contribution in [0, 0.1) is 16.7 Å². The minimum absolute atomic E-state index is 0.